The van der Waals surface area contributed by atoms with Crippen LogP contribution in [0.5, 0.6) is 0 Å². The number of amides is 3. The molecular weight excluding hydrogens is 274 g/mol. The largest absolute Gasteiger partial charge is 0.382 e. The molecule has 6 nitrogen and oxygen atoms in total. The average molecular weight is 301 g/mol. The van der Waals surface area contributed by atoms with Gasteiger partial charge in [-0.3, -0.25) is 14.4 Å². The molecule has 0 bridgehead atoms. The van der Waals surface area contributed by atoms with E-state index in [1.165, 1.54) is 0 Å². The Morgan fingerprint density at radius 3 is 1.05 bits per heavy atom. The van der Waals surface area contributed by atoms with Gasteiger partial charge >= 0.3 is 8.56 Å². The lowest BCUT2D eigenvalue weighted by molar-refractivity contribution is -0.131. The van der Waals surface area contributed by atoms with E-state index < -0.39 is 8.56 Å². The van der Waals surface area contributed by atoms with Crippen LogP contribution in [0.3, 0.4) is 0 Å². The molecule has 0 aromatic heterocycles. The molecule has 0 N–H and O–H groups in total. The van der Waals surface area contributed by atoms with E-state index in [0.29, 0.717) is 19.3 Å². The van der Waals surface area contributed by atoms with Gasteiger partial charge in [-0.15, -0.1) is 0 Å². The van der Waals surface area contributed by atoms with Crippen LogP contribution in [-0.2, 0) is 14.4 Å². The van der Waals surface area contributed by atoms with Gasteiger partial charge in [0.15, 0.2) is 0 Å². The third-order valence-electron chi connectivity index (χ3n) is 3.94. The average Bonchev–Trinajstić information content (AvgIpc) is 2.48. The van der Waals surface area contributed by atoms with Gasteiger partial charge in [-0.05, 0) is 6.55 Å². The monoisotopic (exact) mass is 301 g/mol. The summed E-state index contributed by atoms with van der Waals surface area (Å²) in [4.78, 5) is 36.2. The smallest absolute Gasteiger partial charge is 0.338 e. The highest BCUT2D eigenvalue weighted by atomic mass is 28.4. The summed E-state index contributed by atoms with van der Waals surface area (Å²) >= 11 is 0. The third kappa shape index (κ3) is 3.39. The van der Waals surface area contributed by atoms with Crippen molar-refractivity contribution in [2.75, 3.05) is 21.1 Å². The molecule has 116 valence electrons. The molecule has 7 heteroatoms. The second-order valence-corrected chi connectivity index (χ2v) is 8.84. The number of carbonyl (C=O) groups is 3. The van der Waals surface area contributed by atoms with Crippen LogP contribution in [0, 0.1) is 0 Å². The first kappa shape index (κ1) is 18.6. The van der Waals surface area contributed by atoms with Gasteiger partial charge in [0.2, 0.25) is 17.7 Å². The molecule has 0 aromatic carbocycles. The summed E-state index contributed by atoms with van der Waals surface area (Å²) in [6.45, 7) is 7.17. The molecule has 3 amide bonds. The molecule has 0 fully saturated rings. The fourth-order valence-corrected chi connectivity index (χ4v) is 5.34. The molecule has 0 radical (unpaired) electrons. The molecule has 0 heterocycles. The Hall–Kier alpha value is -1.37. The van der Waals surface area contributed by atoms with Gasteiger partial charge in [0.1, 0.15) is 0 Å². The Balaban J connectivity index is 5.71. The van der Waals surface area contributed by atoms with Crippen molar-refractivity contribution in [1.82, 2.24) is 13.7 Å². The summed E-state index contributed by atoms with van der Waals surface area (Å²) in [6.07, 6.45) is 1.05. The van der Waals surface area contributed by atoms with E-state index in [1.807, 2.05) is 6.55 Å². The van der Waals surface area contributed by atoms with Crippen LogP contribution in [0.15, 0.2) is 0 Å². The first-order valence-electron chi connectivity index (χ1n) is 6.98. The minimum Gasteiger partial charge on any atom is -0.338 e. The lowest BCUT2D eigenvalue weighted by atomic mass is 10.5. The van der Waals surface area contributed by atoms with Gasteiger partial charge in [-0.25, -0.2) is 0 Å². The molecule has 20 heavy (non-hydrogen) atoms. The molecule has 0 spiro atoms. The summed E-state index contributed by atoms with van der Waals surface area (Å²) in [5.74, 6) is -0.193. The molecule has 0 atom stereocenters. The van der Waals surface area contributed by atoms with Crippen molar-refractivity contribution >= 4 is 26.3 Å². The summed E-state index contributed by atoms with van der Waals surface area (Å²) in [6, 6.07) is 0. The van der Waals surface area contributed by atoms with E-state index in [1.54, 1.807) is 55.6 Å². The molecule has 0 aliphatic heterocycles. The molecule has 0 saturated heterocycles. The molecule has 0 aliphatic rings. The lowest BCUT2D eigenvalue weighted by Crippen LogP contribution is -2.73. The van der Waals surface area contributed by atoms with Crippen molar-refractivity contribution in [2.45, 2.75) is 46.6 Å². The molecule has 0 unspecified atom stereocenters. The predicted molar refractivity (Wildman–Crippen MR) is 80.8 cm³/mol. The van der Waals surface area contributed by atoms with Crippen LogP contribution in [0.25, 0.3) is 0 Å². The van der Waals surface area contributed by atoms with Crippen molar-refractivity contribution in [2.24, 2.45) is 0 Å². The predicted octanol–water partition coefficient (Wildman–Crippen LogP) is 1.16. The minimum atomic E-state index is -2.86. The van der Waals surface area contributed by atoms with Gasteiger partial charge in [-0.2, -0.15) is 0 Å². The maximum atomic E-state index is 12.1. The second-order valence-electron chi connectivity index (χ2n) is 4.89. The molecule has 0 rings (SSSR count). The SMILES string of the molecule is CCC(=O)N(C)[Si](C)(N(C)C(=O)CC)N(C)C(=O)CC. The van der Waals surface area contributed by atoms with Gasteiger partial charge in [-0.1, -0.05) is 20.8 Å². The van der Waals surface area contributed by atoms with Crippen molar-refractivity contribution < 1.29 is 14.4 Å². The van der Waals surface area contributed by atoms with Crippen molar-refractivity contribution in [3.05, 3.63) is 0 Å². The zero-order chi connectivity index (χ0) is 16.1. The number of nitrogens with zero attached hydrogens (tertiary/aromatic N) is 3. The van der Waals surface area contributed by atoms with Crippen LogP contribution in [0.4, 0.5) is 0 Å². The Morgan fingerprint density at radius 1 is 0.700 bits per heavy atom. The highest BCUT2D eigenvalue weighted by molar-refractivity contribution is 6.76. The van der Waals surface area contributed by atoms with Crippen LogP contribution in [0.2, 0.25) is 6.55 Å². The summed E-state index contributed by atoms with van der Waals surface area (Å²) in [5.41, 5.74) is 0. The zero-order valence-electron chi connectivity index (χ0n) is 13.7. The summed E-state index contributed by atoms with van der Waals surface area (Å²) in [7, 11) is 2.17. The molecule has 0 aliphatic carbocycles. The molecule has 0 saturated carbocycles. The molecular formula is C13H27N3O3Si. The Morgan fingerprint density at radius 2 is 0.900 bits per heavy atom. The number of carbonyl (C=O) groups excluding carboxylic acids is 3. The standard InChI is InChI=1S/C13H27N3O3Si/c1-8-11(17)14(4)20(7,15(5)12(18)9-2)16(6)13(19)10-3/h8-10H2,1-7H3. The quantitative estimate of drug-likeness (QED) is 0.692. The number of hydrogen-bond donors (Lipinski definition) is 0. The second kappa shape index (κ2) is 7.42. The van der Waals surface area contributed by atoms with Gasteiger partial charge < -0.3 is 13.7 Å². The third-order valence-corrected chi connectivity index (χ3v) is 8.50. The van der Waals surface area contributed by atoms with Crippen LogP contribution in [-0.4, -0.2) is 61.1 Å². The van der Waals surface area contributed by atoms with Crippen molar-refractivity contribution in [1.29, 1.82) is 0 Å². The minimum absolute atomic E-state index is 0.0642. The van der Waals surface area contributed by atoms with E-state index in [9.17, 15) is 14.4 Å². The van der Waals surface area contributed by atoms with Crippen LogP contribution < -0.4 is 0 Å². The van der Waals surface area contributed by atoms with Crippen molar-refractivity contribution in [3.8, 4) is 0 Å². The number of rotatable bonds is 6. The first-order chi connectivity index (χ1) is 9.18. The molecule has 0 aromatic rings. The van der Waals surface area contributed by atoms with E-state index in [0.717, 1.165) is 0 Å². The van der Waals surface area contributed by atoms with Crippen molar-refractivity contribution in [3.63, 3.8) is 0 Å². The van der Waals surface area contributed by atoms with E-state index >= 15 is 0 Å². The van der Waals surface area contributed by atoms with E-state index in [2.05, 4.69) is 0 Å². The Kier molecular flexibility index (Phi) is 6.91. The van der Waals surface area contributed by atoms with E-state index in [4.69, 9.17) is 0 Å². The summed E-state index contributed by atoms with van der Waals surface area (Å²) < 4.78 is 4.77. The van der Waals surface area contributed by atoms with Gasteiger partial charge in [0, 0.05) is 40.4 Å². The fourth-order valence-electron chi connectivity index (χ4n) is 2.10. The highest BCUT2D eigenvalue weighted by Crippen LogP contribution is 2.19. The highest BCUT2D eigenvalue weighted by Gasteiger charge is 2.48. The lowest BCUT2D eigenvalue weighted by Gasteiger charge is -2.47. The van der Waals surface area contributed by atoms with Crippen LogP contribution in [0.1, 0.15) is 40.0 Å². The van der Waals surface area contributed by atoms with Crippen LogP contribution >= 0.6 is 0 Å². The maximum absolute atomic E-state index is 12.1. The number of hydrogen-bond acceptors (Lipinski definition) is 3. The Bertz CT molecular complexity index is 332. The zero-order valence-corrected chi connectivity index (χ0v) is 14.7. The fraction of sp³-hybridized carbons (Fsp3) is 0.769. The van der Waals surface area contributed by atoms with E-state index in [-0.39, 0.29) is 17.7 Å². The Labute approximate surface area is 123 Å². The topological polar surface area (TPSA) is 60.9 Å². The normalized spacial score (nSPS) is 10.9. The van der Waals surface area contributed by atoms with Gasteiger partial charge in [0.25, 0.3) is 0 Å². The maximum Gasteiger partial charge on any atom is 0.382 e. The summed E-state index contributed by atoms with van der Waals surface area (Å²) in [5, 5.41) is 0. The van der Waals surface area contributed by atoms with Gasteiger partial charge in [0.05, 0.1) is 0 Å². The first-order valence-corrected chi connectivity index (χ1v) is 9.32.